The molecule has 17 heavy (non-hydrogen) atoms. The topological polar surface area (TPSA) is 41.5 Å². The highest BCUT2D eigenvalue weighted by Crippen LogP contribution is 2.26. The zero-order valence-electron chi connectivity index (χ0n) is 10.6. The Morgan fingerprint density at radius 1 is 1.47 bits per heavy atom. The molecule has 0 saturated heterocycles. The largest absolute Gasteiger partial charge is 0.494 e. The zero-order valence-corrected chi connectivity index (χ0v) is 10.6. The Morgan fingerprint density at radius 3 is 2.76 bits per heavy atom. The monoisotopic (exact) mass is 235 g/mol. The Labute approximate surface area is 103 Å². The van der Waals surface area contributed by atoms with Crippen LogP contribution in [0.5, 0.6) is 5.75 Å². The number of aliphatic hydroxyl groups excluding tert-OH is 1. The third kappa shape index (κ3) is 3.20. The number of ether oxygens (including phenoxy) is 1. The van der Waals surface area contributed by atoms with Gasteiger partial charge in [0.05, 0.1) is 19.3 Å². The highest BCUT2D eigenvalue weighted by atomic mass is 16.5. The molecule has 0 radical (unpaired) electrons. The maximum Gasteiger partial charge on any atom is 0.122 e. The summed E-state index contributed by atoms with van der Waals surface area (Å²) < 4.78 is 5.52. The van der Waals surface area contributed by atoms with Gasteiger partial charge in [-0.05, 0) is 43.9 Å². The minimum atomic E-state index is 0.0527. The van der Waals surface area contributed by atoms with Crippen LogP contribution in [0.3, 0.4) is 0 Å². The van der Waals surface area contributed by atoms with E-state index in [4.69, 9.17) is 4.74 Å². The first kappa shape index (κ1) is 12.4. The summed E-state index contributed by atoms with van der Waals surface area (Å²) in [6, 6.07) is 6.77. The smallest absolute Gasteiger partial charge is 0.122 e. The van der Waals surface area contributed by atoms with E-state index in [2.05, 4.69) is 11.4 Å². The van der Waals surface area contributed by atoms with Crippen LogP contribution in [0.25, 0.3) is 0 Å². The van der Waals surface area contributed by atoms with E-state index in [1.54, 1.807) is 0 Å². The number of aryl methyl sites for hydroxylation is 1. The van der Waals surface area contributed by atoms with Crippen LogP contribution in [-0.4, -0.2) is 24.4 Å². The van der Waals surface area contributed by atoms with Crippen LogP contribution < -0.4 is 10.1 Å². The number of hydrogen-bond acceptors (Lipinski definition) is 3. The average molecular weight is 235 g/mol. The van der Waals surface area contributed by atoms with Crippen molar-refractivity contribution in [3.8, 4) is 5.75 Å². The normalized spacial score (nSPS) is 16.9. The maximum atomic E-state index is 9.43. The summed E-state index contributed by atoms with van der Waals surface area (Å²) in [4.78, 5) is 0. The van der Waals surface area contributed by atoms with Gasteiger partial charge in [0.25, 0.3) is 0 Å². The molecule has 3 nitrogen and oxygen atoms in total. The van der Waals surface area contributed by atoms with E-state index >= 15 is 0 Å². The molecule has 1 fully saturated rings. The molecule has 0 aromatic heterocycles. The molecular weight excluding hydrogens is 214 g/mol. The van der Waals surface area contributed by atoms with Crippen LogP contribution in [0.1, 0.15) is 36.9 Å². The lowest BCUT2D eigenvalue weighted by Crippen LogP contribution is -2.26. The SMILES string of the molecule is CCOc1ccc(C(CO)NC2CC2)cc1C. The number of aliphatic hydroxyl groups is 1. The Hall–Kier alpha value is -1.06. The fraction of sp³-hybridized carbons (Fsp3) is 0.571. The third-order valence-electron chi connectivity index (χ3n) is 3.10. The molecule has 0 amide bonds. The second-order valence-corrected chi connectivity index (χ2v) is 4.63. The van der Waals surface area contributed by atoms with Gasteiger partial charge >= 0.3 is 0 Å². The molecule has 1 saturated carbocycles. The zero-order chi connectivity index (χ0) is 12.3. The molecule has 0 spiro atoms. The molecule has 1 atom stereocenters. The first-order valence-corrected chi connectivity index (χ1v) is 6.34. The fourth-order valence-electron chi connectivity index (χ4n) is 2.00. The Morgan fingerprint density at radius 2 is 2.24 bits per heavy atom. The second-order valence-electron chi connectivity index (χ2n) is 4.63. The molecule has 94 valence electrons. The summed E-state index contributed by atoms with van der Waals surface area (Å²) in [5.74, 6) is 0.930. The molecule has 1 unspecified atom stereocenters. The summed E-state index contributed by atoms with van der Waals surface area (Å²) in [5, 5.41) is 12.9. The van der Waals surface area contributed by atoms with Crippen molar-refractivity contribution in [1.29, 1.82) is 0 Å². The van der Waals surface area contributed by atoms with Crippen LogP contribution in [0.4, 0.5) is 0 Å². The Bertz CT molecular complexity index is 374. The molecule has 1 aromatic carbocycles. The molecule has 3 heteroatoms. The van der Waals surface area contributed by atoms with Crippen molar-refractivity contribution in [2.24, 2.45) is 0 Å². The molecule has 1 aliphatic carbocycles. The van der Waals surface area contributed by atoms with Gasteiger partial charge in [0.15, 0.2) is 0 Å². The summed E-state index contributed by atoms with van der Waals surface area (Å²) in [6.07, 6.45) is 2.46. The van der Waals surface area contributed by atoms with Gasteiger partial charge in [0.2, 0.25) is 0 Å². The van der Waals surface area contributed by atoms with Gasteiger partial charge in [0, 0.05) is 6.04 Å². The minimum Gasteiger partial charge on any atom is -0.494 e. The maximum absolute atomic E-state index is 9.43. The van der Waals surface area contributed by atoms with Crippen molar-refractivity contribution in [3.05, 3.63) is 29.3 Å². The van der Waals surface area contributed by atoms with Crippen LogP contribution in [0.2, 0.25) is 0 Å². The van der Waals surface area contributed by atoms with Gasteiger partial charge < -0.3 is 15.2 Å². The second kappa shape index (κ2) is 5.52. The Balaban J connectivity index is 2.10. The van der Waals surface area contributed by atoms with E-state index in [1.165, 1.54) is 12.8 Å². The highest BCUT2D eigenvalue weighted by Gasteiger charge is 2.25. The van der Waals surface area contributed by atoms with Crippen molar-refractivity contribution in [2.45, 2.75) is 38.8 Å². The van der Waals surface area contributed by atoms with Crippen molar-refractivity contribution in [1.82, 2.24) is 5.32 Å². The molecule has 2 rings (SSSR count). The van der Waals surface area contributed by atoms with Crippen molar-refractivity contribution >= 4 is 0 Å². The van der Waals surface area contributed by atoms with Crippen LogP contribution >= 0.6 is 0 Å². The standard InChI is InChI=1S/C14H21NO2/c1-3-17-14-7-4-11(8-10(14)2)13(9-16)15-12-5-6-12/h4,7-8,12-13,15-16H,3,5-6,9H2,1-2H3. The number of benzene rings is 1. The minimum absolute atomic E-state index is 0.0527. The average Bonchev–Trinajstić information content (AvgIpc) is 3.13. The van der Waals surface area contributed by atoms with Gasteiger partial charge in [-0.15, -0.1) is 0 Å². The van der Waals surface area contributed by atoms with Crippen LogP contribution in [-0.2, 0) is 0 Å². The van der Waals surface area contributed by atoms with Crippen LogP contribution in [0.15, 0.2) is 18.2 Å². The Kier molecular flexibility index (Phi) is 4.02. The predicted molar refractivity (Wildman–Crippen MR) is 68.3 cm³/mol. The van der Waals surface area contributed by atoms with E-state index < -0.39 is 0 Å². The molecular formula is C14H21NO2. The summed E-state index contributed by atoms with van der Waals surface area (Å²) >= 11 is 0. The number of nitrogens with one attached hydrogen (secondary N) is 1. The van der Waals surface area contributed by atoms with Gasteiger partial charge in [-0.3, -0.25) is 0 Å². The summed E-state index contributed by atoms with van der Waals surface area (Å²) in [6.45, 7) is 4.85. The first-order valence-electron chi connectivity index (χ1n) is 6.34. The molecule has 0 bridgehead atoms. The van der Waals surface area contributed by atoms with Gasteiger partial charge in [-0.2, -0.15) is 0 Å². The van der Waals surface area contributed by atoms with Gasteiger partial charge in [-0.25, -0.2) is 0 Å². The lowest BCUT2D eigenvalue weighted by atomic mass is 10.0. The summed E-state index contributed by atoms with van der Waals surface area (Å²) in [7, 11) is 0. The molecule has 0 heterocycles. The van der Waals surface area contributed by atoms with Gasteiger partial charge in [0.1, 0.15) is 5.75 Å². The predicted octanol–water partition coefficient (Wildman–Crippen LogP) is 2.18. The summed E-state index contributed by atoms with van der Waals surface area (Å²) in [5.41, 5.74) is 2.26. The highest BCUT2D eigenvalue weighted by molar-refractivity contribution is 5.37. The van der Waals surface area contributed by atoms with Gasteiger partial charge in [-0.1, -0.05) is 12.1 Å². The molecule has 1 aliphatic rings. The number of rotatable bonds is 6. The number of hydrogen-bond donors (Lipinski definition) is 2. The van der Waals surface area contributed by atoms with Crippen LogP contribution in [0, 0.1) is 6.92 Å². The first-order chi connectivity index (χ1) is 8.24. The lowest BCUT2D eigenvalue weighted by Gasteiger charge is -2.18. The van der Waals surface area contributed by atoms with E-state index in [1.807, 2.05) is 26.0 Å². The quantitative estimate of drug-likeness (QED) is 0.794. The van der Waals surface area contributed by atoms with Crippen molar-refractivity contribution in [3.63, 3.8) is 0 Å². The lowest BCUT2D eigenvalue weighted by molar-refractivity contribution is 0.243. The van der Waals surface area contributed by atoms with Crippen molar-refractivity contribution < 1.29 is 9.84 Å². The van der Waals surface area contributed by atoms with E-state index in [0.29, 0.717) is 12.6 Å². The van der Waals surface area contributed by atoms with E-state index in [9.17, 15) is 5.11 Å². The fourth-order valence-corrected chi connectivity index (χ4v) is 2.00. The van der Waals surface area contributed by atoms with E-state index in [0.717, 1.165) is 16.9 Å². The molecule has 1 aromatic rings. The van der Waals surface area contributed by atoms with E-state index in [-0.39, 0.29) is 12.6 Å². The van der Waals surface area contributed by atoms with Crippen molar-refractivity contribution in [2.75, 3.05) is 13.2 Å². The molecule has 0 aliphatic heterocycles. The third-order valence-corrected chi connectivity index (χ3v) is 3.10. The molecule has 2 N–H and O–H groups in total.